The number of H-pyrrole nitrogens is 1. The molecule has 3 N–H and O–H groups in total. The molecular weight excluding hydrogens is 301 g/mol. The minimum atomic E-state index is -4.09. The van der Waals surface area contributed by atoms with Gasteiger partial charge in [0.1, 0.15) is 10.7 Å². The summed E-state index contributed by atoms with van der Waals surface area (Å²) in [6.07, 6.45) is 1.46. The zero-order chi connectivity index (χ0) is 15.6. The number of benzene rings is 1. The number of carboxylic acids is 1. The van der Waals surface area contributed by atoms with Crippen LogP contribution in [0.25, 0.3) is 0 Å². The predicted molar refractivity (Wildman–Crippen MR) is 70.7 cm³/mol. The smallest absolute Gasteiger partial charge is 0.335 e. The monoisotopic (exact) mass is 313 g/mol. The van der Waals surface area contributed by atoms with E-state index in [4.69, 9.17) is 5.11 Å². The van der Waals surface area contributed by atoms with Gasteiger partial charge in [-0.2, -0.15) is 5.10 Å². The molecule has 112 valence electrons. The molecule has 0 saturated carbocycles. The number of rotatable bonds is 5. The summed E-state index contributed by atoms with van der Waals surface area (Å²) in [6.45, 7) is 1.67. The molecule has 21 heavy (non-hydrogen) atoms. The number of carbonyl (C=O) groups is 1. The van der Waals surface area contributed by atoms with Crippen molar-refractivity contribution in [3.63, 3.8) is 0 Å². The van der Waals surface area contributed by atoms with E-state index in [-0.39, 0.29) is 12.1 Å². The molecule has 1 aromatic carbocycles. The molecule has 7 nitrogen and oxygen atoms in total. The van der Waals surface area contributed by atoms with Crippen molar-refractivity contribution in [3.8, 4) is 0 Å². The highest BCUT2D eigenvalue weighted by atomic mass is 32.2. The van der Waals surface area contributed by atoms with E-state index in [1.54, 1.807) is 6.92 Å². The Balaban J connectivity index is 2.23. The average Bonchev–Trinajstić information content (AvgIpc) is 2.81. The Morgan fingerprint density at radius 1 is 1.48 bits per heavy atom. The largest absolute Gasteiger partial charge is 0.478 e. The first-order valence-electron chi connectivity index (χ1n) is 5.82. The number of halogens is 1. The molecule has 0 aliphatic rings. The van der Waals surface area contributed by atoms with E-state index >= 15 is 0 Å². The van der Waals surface area contributed by atoms with Crippen LogP contribution >= 0.6 is 0 Å². The summed E-state index contributed by atoms with van der Waals surface area (Å²) in [5, 5.41) is 15.1. The number of sulfonamides is 1. The quantitative estimate of drug-likeness (QED) is 0.763. The molecule has 9 heteroatoms. The maximum absolute atomic E-state index is 13.8. The van der Waals surface area contributed by atoms with Gasteiger partial charge in [0.15, 0.2) is 0 Å². The Labute approximate surface area is 119 Å². The Morgan fingerprint density at radius 2 is 2.19 bits per heavy atom. The van der Waals surface area contributed by atoms with Crippen LogP contribution in [0.2, 0.25) is 0 Å². The van der Waals surface area contributed by atoms with Gasteiger partial charge in [-0.1, -0.05) is 0 Å². The van der Waals surface area contributed by atoms with Gasteiger partial charge in [0, 0.05) is 17.8 Å². The zero-order valence-electron chi connectivity index (χ0n) is 10.9. The molecule has 0 unspecified atom stereocenters. The van der Waals surface area contributed by atoms with Gasteiger partial charge in [-0.05, 0) is 25.1 Å². The van der Waals surface area contributed by atoms with Crippen molar-refractivity contribution in [2.75, 3.05) is 0 Å². The van der Waals surface area contributed by atoms with Crippen molar-refractivity contribution in [1.82, 2.24) is 14.9 Å². The van der Waals surface area contributed by atoms with Crippen molar-refractivity contribution in [1.29, 1.82) is 0 Å². The second-order valence-corrected chi connectivity index (χ2v) is 6.03. The SMILES string of the molecule is Cc1[nH]ncc1CNS(=O)(=O)c1ccc(C(=O)O)cc1F. The minimum absolute atomic E-state index is 0.0508. The first kappa shape index (κ1) is 15.1. The third-order valence-electron chi connectivity index (χ3n) is 2.86. The van der Waals surface area contributed by atoms with Gasteiger partial charge < -0.3 is 5.11 Å². The maximum Gasteiger partial charge on any atom is 0.335 e. The van der Waals surface area contributed by atoms with Crippen LogP contribution < -0.4 is 4.72 Å². The number of aromatic nitrogens is 2. The number of nitrogens with zero attached hydrogens (tertiary/aromatic N) is 1. The second kappa shape index (κ2) is 5.62. The molecule has 0 bridgehead atoms. The zero-order valence-corrected chi connectivity index (χ0v) is 11.7. The van der Waals surface area contributed by atoms with Crippen molar-refractivity contribution in [3.05, 3.63) is 47.0 Å². The van der Waals surface area contributed by atoms with Gasteiger partial charge in [0.25, 0.3) is 0 Å². The molecule has 0 amide bonds. The lowest BCUT2D eigenvalue weighted by molar-refractivity contribution is 0.0696. The highest BCUT2D eigenvalue weighted by Gasteiger charge is 2.20. The Kier molecular flexibility index (Phi) is 4.05. The Bertz CT molecular complexity index is 786. The molecule has 2 rings (SSSR count). The van der Waals surface area contributed by atoms with Gasteiger partial charge in [-0.25, -0.2) is 22.3 Å². The number of nitrogens with one attached hydrogen (secondary N) is 2. The molecule has 0 fully saturated rings. The fourth-order valence-electron chi connectivity index (χ4n) is 1.66. The summed E-state index contributed by atoms with van der Waals surface area (Å²) in [6, 6.07) is 2.62. The summed E-state index contributed by atoms with van der Waals surface area (Å²) in [7, 11) is -4.09. The van der Waals surface area contributed by atoms with Crippen molar-refractivity contribution in [2.24, 2.45) is 0 Å². The molecule has 0 aliphatic heterocycles. The molecule has 0 atom stereocenters. The first-order valence-corrected chi connectivity index (χ1v) is 7.31. The summed E-state index contributed by atoms with van der Waals surface area (Å²) in [5.41, 5.74) is 0.998. The highest BCUT2D eigenvalue weighted by Crippen LogP contribution is 2.16. The lowest BCUT2D eigenvalue weighted by Crippen LogP contribution is -2.24. The van der Waals surface area contributed by atoms with Crippen LogP contribution in [0.3, 0.4) is 0 Å². The molecule has 2 aromatic rings. The van der Waals surface area contributed by atoms with E-state index in [2.05, 4.69) is 14.9 Å². The van der Waals surface area contributed by atoms with Crippen molar-refractivity contribution < 1.29 is 22.7 Å². The maximum atomic E-state index is 13.8. The van der Waals surface area contributed by atoms with E-state index in [0.717, 1.165) is 12.1 Å². The van der Waals surface area contributed by atoms with Crippen LogP contribution in [0.4, 0.5) is 4.39 Å². The number of aromatic amines is 1. The van der Waals surface area contributed by atoms with E-state index in [9.17, 15) is 17.6 Å². The Hall–Kier alpha value is -2.26. The average molecular weight is 313 g/mol. The molecular formula is C12H12FN3O4S. The first-order chi connectivity index (χ1) is 9.81. The third kappa shape index (κ3) is 3.26. The van der Waals surface area contributed by atoms with Gasteiger partial charge in [-0.3, -0.25) is 5.10 Å². The van der Waals surface area contributed by atoms with Crippen LogP contribution in [0.15, 0.2) is 29.3 Å². The van der Waals surface area contributed by atoms with E-state index in [0.29, 0.717) is 17.3 Å². The molecule has 0 radical (unpaired) electrons. The second-order valence-electron chi connectivity index (χ2n) is 4.30. The van der Waals surface area contributed by atoms with Crippen LogP contribution in [-0.4, -0.2) is 29.7 Å². The normalized spacial score (nSPS) is 11.5. The number of carboxylic acid groups (broad SMARTS) is 1. The van der Waals surface area contributed by atoms with Crippen molar-refractivity contribution in [2.45, 2.75) is 18.4 Å². The van der Waals surface area contributed by atoms with Crippen LogP contribution in [0.1, 0.15) is 21.6 Å². The Morgan fingerprint density at radius 3 is 2.71 bits per heavy atom. The minimum Gasteiger partial charge on any atom is -0.478 e. The molecule has 0 aliphatic carbocycles. The van der Waals surface area contributed by atoms with Crippen LogP contribution in [0.5, 0.6) is 0 Å². The molecule has 0 spiro atoms. The number of hydrogen-bond acceptors (Lipinski definition) is 4. The lowest BCUT2D eigenvalue weighted by atomic mass is 10.2. The van der Waals surface area contributed by atoms with E-state index < -0.39 is 26.7 Å². The number of hydrogen-bond donors (Lipinski definition) is 3. The van der Waals surface area contributed by atoms with E-state index in [1.165, 1.54) is 6.20 Å². The number of aryl methyl sites for hydroxylation is 1. The topological polar surface area (TPSA) is 112 Å². The van der Waals surface area contributed by atoms with Crippen LogP contribution in [-0.2, 0) is 16.6 Å². The molecule has 1 aromatic heterocycles. The van der Waals surface area contributed by atoms with E-state index in [1.807, 2.05) is 0 Å². The van der Waals surface area contributed by atoms with Gasteiger partial charge in [-0.15, -0.1) is 0 Å². The molecule has 0 saturated heterocycles. The van der Waals surface area contributed by atoms with Crippen LogP contribution in [0, 0.1) is 12.7 Å². The fourth-order valence-corrected chi connectivity index (χ4v) is 2.72. The standard InChI is InChI=1S/C12H12FN3O4S/c1-7-9(5-14-16-7)6-15-21(19,20)11-3-2-8(12(17)18)4-10(11)13/h2-5,15H,6H2,1H3,(H,14,16)(H,17,18). The van der Waals surface area contributed by atoms with Gasteiger partial charge >= 0.3 is 5.97 Å². The number of aromatic carboxylic acids is 1. The van der Waals surface area contributed by atoms with Gasteiger partial charge in [0.2, 0.25) is 10.0 Å². The summed E-state index contributed by atoms with van der Waals surface area (Å²) >= 11 is 0. The fraction of sp³-hybridized carbons (Fsp3) is 0.167. The summed E-state index contributed by atoms with van der Waals surface area (Å²) < 4.78 is 40.0. The lowest BCUT2D eigenvalue weighted by Gasteiger charge is -2.08. The third-order valence-corrected chi connectivity index (χ3v) is 4.29. The predicted octanol–water partition coefficient (Wildman–Crippen LogP) is 1.03. The summed E-state index contributed by atoms with van der Waals surface area (Å²) in [5.74, 6) is -2.45. The highest BCUT2D eigenvalue weighted by molar-refractivity contribution is 7.89. The van der Waals surface area contributed by atoms with Crippen molar-refractivity contribution >= 4 is 16.0 Å². The van der Waals surface area contributed by atoms with Gasteiger partial charge in [0.05, 0.1) is 11.8 Å². The molecule has 1 heterocycles. The summed E-state index contributed by atoms with van der Waals surface area (Å²) in [4.78, 5) is 10.1.